The minimum Gasteiger partial charge on any atom is -0.388 e. The van der Waals surface area contributed by atoms with E-state index in [9.17, 15) is 4.79 Å². The van der Waals surface area contributed by atoms with Gasteiger partial charge >= 0.3 is 0 Å². The highest BCUT2D eigenvalue weighted by Crippen LogP contribution is 2.30. The first kappa shape index (κ1) is 14.8. The Balaban J connectivity index is 1.89. The summed E-state index contributed by atoms with van der Waals surface area (Å²) in [7, 11) is 4.16. The Hall–Kier alpha value is -1.61. The molecule has 0 aromatic heterocycles. The van der Waals surface area contributed by atoms with Gasteiger partial charge in [0.1, 0.15) is 0 Å². The lowest BCUT2D eigenvalue weighted by molar-refractivity contribution is -0.115. The monoisotopic (exact) mass is 272 g/mol. The first-order valence-corrected chi connectivity index (χ1v) is 7.32. The summed E-state index contributed by atoms with van der Waals surface area (Å²) in [6.07, 6.45) is 4.45. The molecule has 0 spiro atoms. The molecule has 2 rings (SSSR count). The van der Waals surface area contributed by atoms with Gasteiger partial charge in [0.2, 0.25) is 0 Å². The summed E-state index contributed by atoms with van der Waals surface area (Å²) < 4.78 is 0. The zero-order chi connectivity index (χ0) is 14.4. The molecule has 1 N–H and O–H groups in total. The van der Waals surface area contributed by atoms with E-state index in [1.165, 1.54) is 5.56 Å². The van der Waals surface area contributed by atoms with Crippen molar-refractivity contribution in [3.8, 4) is 0 Å². The van der Waals surface area contributed by atoms with Gasteiger partial charge in [-0.1, -0.05) is 30.3 Å². The van der Waals surface area contributed by atoms with Gasteiger partial charge in [-0.15, -0.1) is 0 Å². The molecule has 0 saturated heterocycles. The van der Waals surface area contributed by atoms with Crippen molar-refractivity contribution in [2.45, 2.75) is 25.2 Å². The second-order valence-electron chi connectivity index (χ2n) is 5.74. The Morgan fingerprint density at radius 1 is 1.20 bits per heavy atom. The van der Waals surface area contributed by atoms with Gasteiger partial charge < -0.3 is 10.2 Å². The zero-order valence-corrected chi connectivity index (χ0v) is 12.4. The first-order chi connectivity index (χ1) is 9.65. The normalized spacial score (nSPS) is 19.1. The Labute approximate surface area is 121 Å². The van der Waals surface area contributed by atoms with Crippen molar-refractivity contribution in [1.82, 2.24) is 10.2 Å². The van der Waals surface area contributed by atoms with E-state index >= 15 is 0 Å². The van der Waals surface area contributed by atoms with E-state index in [-0.39, 0.29) is 5.78 Å². The van der Waals surface area contributed by atoms with Gasteiger partial charge in [-0.3, -0.25) is 4.79 Å². The van der Waals surface area contributed by atoms with Crippen LogP contribution in [0, 0.1) is 0 Å². The number of benzene rings is 1. The van der Waals surface area contributed by atoms with Crippen molar-refractivity contribution in [3.05, 3.63) is 47.7 Å². The van der Waals surface area contributed by atoms with Crippen LogP contribution < -0.4 is 5.32 Å². The minimum atomic E-state index is 0.236. The highest BCUT2D eigenvalue weighted by atomic mass is 16.1. The fourth-order valence-electron chi connectivity index (χ4n) is 2.62. The molecule has 20 heavy (non-hydrogen) atoms. The number of hydrogen-bond donors (Lipinski definition) is 1. The number of carbonyl (C=O) groups is 1. The van der Waals surface area contributed by atoms with Crippen LogP contribution in [0.15, 0.2) is 42.1 Å². The molecule has 1 aliphatic carbocycles. The maximum Gasteiger partial charge on any atom is 0.158 e. The van der Waals surface area contributed by atoms with Gasteiger partial charge in [-0.2, -0.15) is 0 Å². The lowest BCUT2D eigenvalue weighted by Gasteiger charge is -2.23. The fourth-order valence-corrected chi connectivity index (χ4v) is 2.62. The molecule has 1 aliphatic rings. The highest BCUT2D eigenvalue weighted by molar-refractivity contribution is 5.91. The number of allylic oxidation sites excluding steroid dienone is 2. The molecule has 3 heteroatoms. The van der Waals surface area contributed by atoms with Crippen molar-refractivity contribution < 1.29 is 4.79 Å². The molecule has 0 saturated carbocycles. The third kappa shape index (κ3) is 4.49. The fraction of sp³-hybridized carbons (Fsp3) is 0.471. The summed E-state index contributed by atoms with van der Waals surface area (Å²) in [5.41, 5.74) is 2.36. The first-order valence-electron chi connectivity index (χ1n) is 7.32. The summed E-state index contributed by atoms with van der Waals surface area (Å²) in [5.74, 6) is 0.560. The molecule has 0 radical (unpaired) electrons. The van der Waals surface area contributed by atoms with Crippen molar-refractivity contribution >= 4 is 5.78 Å². The summed E-state index contributed by atoms with van der Waals surface area (Å²) in [6.45, 7) is 2.00. The van der Waals surface area contributed by atoms with Crippen LogP contribution in [0.5, 0.6) is 0 Å². The maximum absolute atomic E-state index is 11.9. The van der Waals surface area contributed by atoms with E-state index in [1.807, 2.05) is 18.2 Å². The molecule has 0 bridgehead atoms. The Morgan fingerprint density at radius 3 is 2.65 bits per heavy atom. The summed E-state index contributed by atoms with van der Waals surface area (Å²) in [4.78, 5) is 14.0. The lowest BCUT2D eigenvalue weighted by Crippen LogP contribution is -2.25. The minimum absolute atomic E-state index is 0.236. The Morgan fingerprint density at radius 2 is 1.95 bits per heavy atom. The molecule has 0 unspecified atom stereocenters. The maximum atomic E-state index is 11.9. The van der Waals surface area contributed by atoms with Crippen LogP contribution in [0.1, 0.15) is 30.7 Å². The van der Waals surface area contributed by atoms with Crippen LogP contribution >= 0.6 is 0 Å². The average Bonchev–Trinajstić information content (AvgIpc) is 2.44. The van der Waals surface area contributed by atoms with Crippen molar-refractivity contribution in [2.75, 3.05) is 27.2 Å². The molecular weight excluding hydrogens is 248 g/mol. The van der Waals surface area contributed by atoms with E-state index in [0.29, 0.717) is 12.3 Å². The molecule has 108 valence electrons. The molecule has 0 heterocycles. The third-order valence-electron chi connectivity index (χ3n) is 3.65. The van der Waals surface area contributed by atoms with Gasteiger partial charge in [-0.25, -0.2) is 0 Å². The third-order valence-corrected chi connectivity index (χ3v) is 3.65. The van der Waals surface area contributed by atoms with E-state index in [0.717, 1.165) is 31.6 Å². The van der Waals surface area contributed by atoms with Crippen LogP contribution in [0.25, 0.3) is 0 Å². The predicted molar refractivity (Wildman–Crippen MR) is 82.7 cm³/mol. The Kier molecular flexibility index (Phi) is 5.36. The smallest absolute Gasteiger partial charge is 0.158 e. The van der Waals surface area contributed by atoms with Gasteiger partial charge in [-0.05, 0) is 45.0 Å². The van der Waals surface area contributed by atoms with Crippen molar-refractivity contribution in [3.63, 3.8) is 0 Å². The second kappa shape index (κ2) is 7.25. The van der Waals surface area contributed by atoms with Crippen molar-refractivity contribution in [1.29, 1.82) is 0 Å². The molecule has 1 atom stereocenters. The van der Waals surface area contributed by atoms with Crippen LogP contribution in [0.3, 0.4) is 0 Å². The average molecular weight is 272 g/mol. The highest BCUT2D eigenvalue weighted by Gasteiger charge is 2.21. The number of hydrogen-bond acceptors (Lipinski definition) is 3. The zero-order valence-electron chi connectivity index (χ0n) is 12.4. The molecule has 0 aliphatic heterocycles. The van der Waals surface area contributed by atoms with Crippen LogP contribution in [0.4, 0.5) is 0 Å². The number of rotatable bonds is 6. The van der Waals surface area contributed by atoms with E-state index in [4.69, 9.17) is 0 Å². The molecule has 3 nitrogen and oxygen atoms in total. The second-order valence-corrected chi connectivity index (χ2v) is 5.74. The number of nitrogens with one attached hydrogen (secondary N) is 1. The lowest BCUT2D eigenvalue weighted by atomic mass is 9.85. The molecule has 0 fully saturated rings. The molecule has 1 aromatic carbocycles. The van der Waals surface area contributed by atoms with Crippen LogP contribution in [-0.2, 0) is 4.79 Å². The standard InChI is InChI=1S/C17H24N2O/c1-19(2)10-6-9-18-16-11-15(12-17(20)13-16)14-7-4-3-5-8-14/h3-5,7-8,13,15,18H,6,9-12H2,1-2H3/t15-/m1/s1. The molecule has 0 amide bonds. The topological polar surface area (TPSA) is 32.3 Å². The van der Waals surface area contributed by atoms with Crippen molar-refractivity contribution in [2.24, 2.45) is 0 Å². The van der Waals surface area contributed by atoms with Gasteiger partial charge in [0.05, 0.1) is 0 Å². The largest absolute Gasteiger partial charge is 0.388 e. The van der Waals surface area contributed by atoms with Gasteiger partial charge in [0.25, 0.3) is 0 Å². The number of nitrogens with zero attached hydrogens (tertiary/aromatic N) is 1. The number of carbonyl (C=O) groups excluding carboxylic acids is 1. The van der Waals surface area contributed by atoms with E-state index < -0.39 is 0 Å². The SMILES string of the molecule is CN(C)CCCNC1=CC(=O)C[C@H](c2ccccc2)C1. The van der Waals surface area contributed by atoms with E-state index in [2.05, 4.69) is 36.4 Å². The quantitative estimate of drug-likeness (QED) is 0.808. The molecule has 1 aromatic rings. The summed E-state index contributed by atoms with van der Waals surface area (Å²) >= 11 is 0. The molecular formula is C17H24N2O. The van der Waals surface area contributed by atoms with E-state index in [1.54, 1.807) is 6.08 Å². The summed E-state index contributed by atoms with van der Waals surface area (Å²) in [5, 5.41) is 3.42. The van der Waals surface area contributed by atoms with Crippen LogP contribution in [-0.4, -0.2) is 37.9 Å². The van der Waals surface area contributed by atoms with Gasteiger partial charge in [0.15, 0.2) is 5.78 Å². The predicted octanol–water partition coefficient (Wildman–Crippen LogP) is 2.56. The Bertz CT molecular complexity index is 465. The van der Waals surface area contributed by atoms with Gasteiger partial charge in [0, 0.05) is 24.7 Å². The van der Waals surface area contributed by atoms with Crippen LogP contribution in [0.2, 0.25) is 0 Å². The summed E-state index contributed by atoms with van der Waals surface area (Å²) in [6, 6.07) is 10.3. The number of ketones is 1.